The van der Waals surface area contributed by atoms with Crippen molar-refractivity contribution in [1.29, 1.82) is 0 Å². The molecule has 3 rings (SSSR count). The van der Waals surface area contributed by atoms with Crippen LogP contribution in [0.4, 0.5) is 5.69 Å². The quantitative estimate of drug-likeness (QED) is 0.853. The lowest BCUT2D eigenvalue weighted by Gasteiger charge is -2.28. The minimum Gasteiger partial charge on any atom is -0.374 e. The molecule has 0 amide bonds. The Bertz CT molecular complexity index is 626. The lowest BCUT2D eigenvalue weighted by Crippen LogP contribution is -2.41. The summed E-state index contributed by atoms with van der Waals surface area (Å²) in [6.45, 7) is 1.33. The van der Waals surface area contributed by atoms with Gasteiger partial charge < -0.3 is 10.6 Å². The standard InChI is InChI=1S/C15H23N3O2S/c1-18-8-2-3-12-6-7-13(9-15(12)18)21(19,20)17-14(10-16)11-4-5-11/h6-7,9,11,14,17H,2-5,8,10,16H2,1H3. The maximum absolute atomic E-state index is 12.5. The van der Waals surface area contributed by atoms with Crippen molar-refractivity contribution in [1.82, 2.24) is 4.72 Å². The molecule has 1 fully saturated rings. The van der Waals surface area contributed by atoms with Gasteiger partial charge in [-0.05, 0) is 49.3 Å². The lowest BCUT2D eigenvalue weighted by molar-refractivity contribution is 0.519. The molecule has 1 heterocycles. The fourth-order valence-electron chi connectivity index (χ4n) is 3.01. The first-order chi connectivity index (χ1) is 10.0. The minimum atomic E-state index is -3.49. The van der Waals surface area contributed by atoms with E-state index >= 15 is 0 Å². The van der Waals surface area contributed by atoms with Crippen LogP contribution in [-0.4, -0.2) is 34.6 Å². The largest absolute Gasteiger partial charge is 0.374 e. The Labute approximate surface area is 126 Å². The molecule has 6 heteroatoms. The van der Waals surface area contributed by atoms with Crippen LogP contribution in [0.1, 0.15) is 24.8 Å². The molecule has 0 aromatic heterocycles. The molecule has 5 nitrogen and oxygen atoms in total. The summed E-state index contributed by atoms with van der Waals surface area (Å²) in [6.07, 6.45) is 4.26. The Balaban J connectivity index is 1.86. The molecule has 21 heavy (non-hydrogen) atoms. The number of hydrogen-bond donors (Lipinski definition) is 2. The molecule has 3 N–H and O–H groups in total. The molecular formula is C15H23N3O2S. The molecule has 1 aliphatic carbocycles. The van der Waals surface area contributed by atoms with Crippen LogP contribution in [0.15, 0.2) is 23.1 Å². The number of anilines is 1. The van der Waals surface area contributed by atoms with E-state index in [2.05, 4.69) is 9.62 Å². The second-order valence-corrected chi connectivity index (χ2v) is 7.83. The smallest absolute Gasteiger partial charge is 0.240 e. The fourth-order valence-corrected chi connectivity index (χ4v) is 4.34. The van der Waals surface area contributed by atoms with Gasteiger partial charge in [-0.15, -0.1) is 0 Å². The average Bonchev–Trinajstić information content (AvgIpc) is 3.29. The summed E-state index contributed by atoms with van der Waals surface area (Å²) in [5.74, 6) is 0.407. The monoisotopic (exact) mass is 309 g/mol. The topological polar surface area (TPSA) is 75.4 Å². The van der Waals surface area contributed by atoms with Crippen molar-refractivity contribution in [3.05, 3.63) is 23.8 Å². The average molecular weight is 309 g/mol. The van der Waals surface area contributed by atoms with E-state index in [4.69, 9.17) is 5.73 Å². The molecule has 1 aliphatic heterocycles. The molecule has 2 aliphatic rings. The Morgan fingerprint density at radius 1 is 1.43 bits per heavy atom. The van der Waals surface area contributed by atoms with Gasteiger partial charge in [0.25, 0.3) is 0 Å². The number of fused-ring (bicyclic) bond motifs is 1. The van der Waals surface area contributed by atoms with Crippen molar-refractivity contribution in [3.63, 3.8) is 0 Å². The second kappa shape index (κ2) is 5.59. The van der Waals surface area contributed by atoms with E-state index < -0.39 is 10.0 Å². The van der Waals surface area contributed by atoms with E-state index in [1.165, 1.54) is 5.56 Å². The number of benzene rings is 1. The van der Waals surface area contributed by atoms with Crippen LogP contribution in [0.3, 0.4) is 0 Å². The fraction of sp³-hybridized carbons (Fsp3) is 0.600. The highest BCUT2D eigenvalue weighted by atomic mass is 32.2. The van der Waals surface area contributed by atoms with Crippen molar-refractivity contribution in [2.24, 2.45) is 11.7 Å². The van der Waals surface area contributed by atoms with Gasteiger partial charge in [0.2, 0.25) is 10.0 Å². The molecule has 116 valence electrons. The zero-order chi connectivity index (χ0) is 15.0. The minimum absolute atomic E-state index is 0.135. The molecule has 1 unspecified atom stereocenters. The Hall–Kier alpha value is -1.11. The predicted octanol–water partition coefficient (Wildman–Crippen LogP) is 1.08. The van der Waals surface area contributed by atoms with Gasteiger partial charge in [-0.25, -0.2) is 13.1 Å². The molecule has 1 saturated carbocycles. The first-order valence-electron chi connectivity index (χ1n) is 7.58. The Morgan fingerprint density at radius 2 is 2.19 bits per heavy atom. The normalized spacial score (nSPS) is 20.2. The number of aryl methyl sites for hydroxylation is 1. The highest BCUT2D eigenvalue weighted by molar-refractivity contribution is 7.89. The van der Waals surface area contributed by atoms with E-state index in [1.807, 2.05) is 13.1 Å². The number of nitrogens with zero attached hydrogens (tertiary/aromatic N) is 1. The second-order valence-electron chi connectivity index (χ2n) is 6.12. The molecule has 0 bridgehead atoms. The molecule has 0 spiro atoms. The number of rotatable bonds is 5. The van der Waals surface area contributed by atoms with Gasteiger partial charge in [0.1, 0.15) is 0 Å². The van der Waals surface area contributed by atoms with Crippen LogP contribution >= 0.6 is 0 Å². The van der Waals surface area contributed by atoms with Gasteiger partial charge >= 0.3 is 0 Å². The SMILES string of the molecule is CN1CCCc2ccc(S(=O)(=O)NC(CN)C3CC3)cc21. The van der Waals surface area contributed by atoms with E-state index in [0.29, 0.717) is 17.4 Å². The number of nitrogens with one attached hydrogen (secondary N) is 1. The number of sulfonamides is 1. The van der Waals surface area contributed by atoms with Crippen LogP contribution in [0.2, 0.25) is 0 Å². The van der Waals surface area contributed by atoms with Crippen molar-refractivity contribution in [3.8, 4) is 0 Å². The van der Waals surface area contributed by atoms with Crippen molar-refractivity contribution >= 4 is 15.7 Å². The van der Waals surface area contributed by atoms with Gasteiger partial charge in [-0.2, -0.15) is 0 Å². The number of nitrogens with two attached hydrogens (primary N) is 1. The molecule has 1 aromatic carbocycles. The third-order valence-electron chi connectivity index (χ3n) is 4.47. The number of hydrogen-bond acceptors (Lipinski definition) is 4. The zero-order valence-electron chi connectivity index (χ0n) is 12.4. The highest BCUT2D eigenvalue weighted by Crippen LogP contribution is 2.33. The van der Waals surface area contributed by atoms with Crippen LogP contribution in [0.25, 0.3) is 0 Å². The summed E-state index contributed by atoms with van der Waals surface area (Å²) in [4.78, 5) is 2.47. The van der Waals surface area contributed by atoms with Crippen LogP contribution in [0, 0.1) is 5.92 Å². The third-order valence-corrected chi connectivity index (χ3v) is 5.96. The summed E-state index contributed by atoms with van der Waals surface area (Å²) in [6, 6.07) is 5.30. The van der Waals surface area contributed by atoms with Gasteiger partial charge in [-0.3, -0.25) is 0 Å². The predicted molar refractivity (Wildman–Crippen MR) is 83.9 cm³/mol. The Kier molecular flexibility index (Phi) is 3.94. The van der Waals surface area contributed by atoms with E-state index in [0.717, 1.165) is 37.9 Å². The van der Waals surface area contributed by atoms with E-state index in [1.54, 1.807) is 12.1 Å². The van der Waals surface area contributed by atoms with Crippen molar-refractivity contribution in [2.75, 3.05) is 25.0 Å². The van der Waals surface area contributed by atoms with Gasteiger partial charge in [0, 0.05) is 31.9 Å². The molecule has 1 aromatic rings. The summed E-state index contributed by atoms with van der Waals surface area (Å²) in [7, 11) is -1.48. The first-order valence-corrected chi connectivity index (χ1v) is 9.06. The van der Waals surface area contributed by atoms with Gasteiger partial charge in [-0.1, -0.05) is 6.07 Å². The molecular weight excluding hydrogens is 286 g/mol. The van der Waals surface area contributed by atoms with Crippen molar-refractivity contribution in [2.45, 2.75) is 36.6 Å². The lowest BCUT2D eigenvalue weighted by atomic mass is 10.0. The summed E-state index contributed by atoms with van der Waals surface area (Å²) in [5.41, 5.74) is 7.95. The Morgan fingerprint density at radius 3 is 2.86 bits per heavy atom. The van der Waals surface area contributed by atoms with Crippen LogP contribution in [0.5, 0.6) is 0 Å². The first kappa shape index (κ1) is 14.8. The highest BCUT2D eigenvalue weighted by Gasteiger charge is 2.33. The summed E-state index contributed by atoms with van der Waals surface area (Å²) < 4.78 is 27.9. The summed E-state index contributed by atoms with van der Waals surface area (Å²) >= 11 is 0. The molecule has 0 radical (unpaired) electrons. The van der Waals surface area contributed by atoms with Crippen LogP contribution in [-0.2, 0) is 16.4 Å². The van der Waals surface area contributed by atoms with Crippen molar-refractivity contribution < 1.29 is 8.42 Å². The zero-order valence-corrected chi connectivity index (χ0v) is 13.2. The molecule has 0 saturated heterocycles. The maximum atomic E-state index is 12.5. The van der Waals surface area contributed by atoms with E-state index in [-0.39, 0.29) is 6.04 Å². The van der Waals surface area contributed by atoms with Crippen LogP contribution < -0.4 is 15.4 Å². The summed E-state index contributed by atoms with van der Waals surface area (Å²) in [5, 5.41) is 0. The van der Waals surface area contributed by atoms with Gasteiger partial charge in [0.05, 0.1) is 4.90 Å². The third kappa shape index (κ3) is 3.07. The maximum Gasteiger partial charge on any atom is 0.240 e. The van der Waals surface area contributed by atoms with Gasteiger partial charge in [0.15, 0.2) is 0 Å². The molecule has 1 atom stereocenters. The van der Waals surface area contributed by atoms with E-state index in [9.17, 15) is 8.42 Å².